The van der Waals surface area contributed by atoms with E-state index in [2.05, 4.69) is 5.32 Å². The third kappa shape index (κ3) is 6.73. The lowest BCUT2D eigenvalue weighted by Crippen LogP contribution is -2.45. The monoisotopic (exact) mass is 422 g/mol. The largest absolute Gasteiger partial charge is 0.459 e. The van der Waals surface area contributed by atoms with Crippen molar-refractivity contribution in [2.45, 2.75) is 39.3 Å². The summed E-state index contributed by atoms with van der Waals surface area (Å²) >= 11 is 12.0. The smallest absolute Gasteiger partial charge is 0.326 e. The quantitative estimate of drug-likeness (QED) is 0.652. The summed E-state index contributed by atoms with van der Waals surface area (Å²) in [5.41, 5.74) is 0.587. The number of ether oxygens (including phenoxy) is 1. The Morgan fingerprint density at radius 1 is 1.07 bits per heavy atom. The number of hydrogen-bond acceptors (Lipinski definition) is 4. The van der Waals surface area contributed by atoms with E-state index in [9.17, 15) is 9.59 Å². The van der Waals surface area contributed by atoms with Crippen LogP contribution in [0.25, 0.3) is 0 Å². The molecule has 0 aliphatic rings. The number of hydrogen-bond donors (Lipinski definition) is 1. The van der Waals surface area contributed by atoms with Gasteiger partial charge in [0, 0.05) is 21.4 Å². The van der Waals surface area contributed by atoms with E-state index in [1.807, 2.05) is 6.07 Å². The second kappa shape index (κ2) is 9.30. The summed E-state index contributed by atoms with van der Waals surface area (Å²) in [6.07, 6.45) is 0. The molecule has 150 valence electrons. The number of carbonyl (C=O) groups is 2. The molecule has 2 rings (SSSR count). The van der Waals surface area contributed by atoms with Crippen LogP contribution in [-0.4, -0.2) is 30.1 Å². The highest BCUT2D eigenvalue weighted by molar-refractivity contribution is 6.35. The SMILES string of the molecule is C[C@H](Nc1cc(Cl)cc(Cl)c1)C(=O)N(CC(=O)OC(C)(C)C)c1ccccc1. The molecule has 0 saturated carbocycles. The number of amides is 1. The summed E-state index contributed by atoms with van der Waals surface area (Å²) in [6.45, 7) is 6.87. The van der Waals surface area contributed by atoms with Crippen LogP contribution >= 0.6 is 23.2 Å². The van der Waals surface area contributed by atoms with E-state index in [4.69, 9.17) is 27.9 Å². The third-order valence-corrected chi connectivity index (χ3v) is 4.09. The summed E-state index contributed by atoms with van der Waals surface area (Å²) in [5, 5.41) is 4.01. The Morgan fingerprint density at radius 3 is 2.18 bits per heavy atom. The van der Waals surface area contributed by atoms with Gasteiger partial charge in [-0.05, 0) is 58.0 Å². The predicted octanol–water partition coefficient (Wildman–Crippen LogP) is 5.17. The molecule has 0 radical (unpaired) electrons. The van der Waals surface area contributed by atoms with Crippen molar-refractivity contribution in [1.29, 1.82) is 0 Å². The van der Waals surface area contributed by atoms with Crippen molar-refractivity contribution in [3.63, 3.8) is 0 Å². The lowest BCUT2D eigenvalue weighted by atomic mass is 10.2. The van der Waals surface area contributed by atoms with Crippen LogP contribution in [0.15, 0.2) is 48.5 Å². The molecule has 1 amide bonds. The first-order valence-corrected chi connectivity index (χ1v) is 9.61. The lowest BCUT2D eigenvalue weighted by Gasteiger charge is -2.28. The minimum atomic E-state index is -0.635. The average Bonchev–Trinajstić information content (AvgIpc) is 2.57. The number of halogens is 2. The van der Waals surface area contributed by atoms with Gasteiger partial charge < -0.3 is 10.1 Å². The molecule has 0 aliphatic carbocycles. The molecule has 0 aliphatic heterocycles. The number of esters is 1. The average molecular weight is 423 g/mol. The molecule has 0 heterocycles. The van der Waals surface area contributed by atoms with Crippen molar-refractivity contribution in [3.05, 3.63) is 58.6 Å². The minimum Gasteiger partial charge on any atom is -0.459 e. The number of benzene rings is 2. The van der Waals surface area contributed by atoms with E-state index in [1.54, 1.807) is 70.2 Å². The van der Waals surface area contributed by atoms with E-state index in [-0.39, 0.29) is 12.5 Å². The molecule has 0 unspecified atom stereocenters. The molecular formula is C21H24Cl2N2O3. The maximum Gasteiger partial charge on any atom is 0.326 e. The van der Waals surface area contributed by atoms with Crippen LogP contribution < -0.4 is 10.2 Å². The van der Waals surface area contributed by atoms with E-state index in [0.29, 0.717) is 21.4 Å². The first-order valence-electron chi connectivity index (χ1n) is 8.86. The zero-order valence-electron chi connectivity index (χ0n) is 16.3. The van der Waals surface area contributed by atoms with Crippen LogP contribution in [0.5, 0.6) is 0 Å². The van der Waals surface area contributed by atoms with Gasteiger partial charge in [0.1, 0.15) is 18.2 Å². The van der Waals surface area contributed by atoms with Crippen LogP contribution in [-0.2, 0) is 14.3 Å². The van der Waals surface area contributed by atoms with E-state index >= 15 is 0 Å². The fraction of sp³-hybridized carbons (Fsp3) is 0.333. The highest BCUT2D eigenvalue weighted by Crippen LogP contribution is 2.24. The molecule has 0 bridgehead atoms. The van der Waals surface area contributed by atoms with Crippen molar-refractivity contribution in [1.82, 2.24) is 0 Å². The molecule has 5 nitrogen and oxygen atoms in total. The van der Waals surface area contributed by atoms with Crippen molar-refractivity contribution >= 4 is 46.5 Å². The van der Waals surface area contributed by atoms with Gasteiger partial charge in [0.05, 0.1) is 0 Å². The van der Waals surface area contributed by atoms with Crippen LogP contribution in [0.4, 0.5) is 11.4 Å². The molecule has 1 atom stereocenters. The minimum absolute atomic E-state index is 0.192. The van der Waals surface area contributed by atoms with Crippen LogP contribution in [0.1, 0.15) is 27.7 Å². The molecule has 0 spiro atoms. The Balaban J connectivity index is 2.21. The van der Waals surface area contributed by atoms with Gasteiger partial charge >= 0.3 is 5.97 Å². The fourth-order valence-electron chi connectivity index (χ4n) is 2.59. The zero-order chi connectivity index (χ0) is 20.9. The Labute approximate surface area is 175 Å². The van der Waals surface area contributed by atoms with Crippen LogP contribution in [0, 0.1) is 0 Å². The Kier molecular flexibility index (Phi) is 7.33. The summed E-state index contributed by atoms with van der Waals surface area (Å²) in [6, 6.07) is 13.3. The number of para-hydroxylation sites is 1. The molecular weight excluding hydrogens is 399 g/mol. The molecule has 7 heteroatoms. The Hall–Kier alpha value is -2.24. The first-order chi connectivity index (χ1) is 13.0. The topological polar surface area (TPSA) is 58.6 Å². The second-order valence-corrected chi connectivity index (χ2v) is 8.24. The van der Waals surface area contributed by atoms with E-state index in [1.165, 1.54) is 4.90 Å². The van der Waals surface area contributed by atoms with Crippen LogP contribution in [0.2, 0.25) is 10.0 Å². The highest BCUT2D eigenvalue weighted by Gasteiger charge is 2.26. The normalized spacial score (nSPS) is 12.2. The lowest BCUT2D eigenvalue weighted by molar-refractivity contribution is -0.153. The van der Waals surface area contributed by atoms with Gasteiger partial charge in [-0.2, -0.15) is 0 Å². The van der Waals surface area contributed by atoms with Gasteiger partial charge in [0.2, 0.25) is 5.91 Å². The maximum absolute atomic E-state index is 13.1. The standard InChI is InChI=1S/C21H24Cl2N2O3/c1-14(24-17-11-15(22)10-16(23)12-17)20(27)25(18-8-6-5-7-9-18)13-19(26)28-21(2,3)4/h5-12,14,24H,13H2,1-4H3/t14-/m0/s1. The molecule has 2 aromatic rings. The van der Waals surface area contributed by atoms with Crippen molar-refractivity contribution in [2.75, 3.05) is 16.8 Å². The summed E-state index contributed by atoms with van der Waals surface area (Å²) in [4.78, 5) is 26.9. The van der Waals surface area contributed by atoms with E-state index in [0.717, 1.165) is 0 Å². The Morgan fingerprint density at radius 2 is 1.64 bits per heavy atom. The third-order valence-electron chi connectivity index (χ3n) is 3.66. The zero-order valence-corrected chi connectivity index (χ0v) is 17.8. The number of nitrogens with zero attached hydrogens (tertiary/aromatic N) is 1. The first kappa shape index (κ1) is 22.1. The van der Waals surface area contributed by atoms with Crippen molar-refractivity contribution in [3.8, 4) is 0 Å². The number of nitrogens with one attached hydrogen (secondary N) is 1. The Bertz CT molecular complexity index is 815. The van der Waals surface area contributed by atoms with Gasteiger partial charge in [0.15, 0.2) is 0 Å². The molecule has 0 fully saturated rings. The molecule has 28 heavy (non-hydrogen) atoms. The summed E-state index contributed by atoms with van der Waals surface area (Å²) < 4.78 is 5.38. The van der Waals surface area contributed by atoms with Gasteiger partial charge in [-0.1, -0.05) is 41.4 Å². The maximum atomic E-state index is 13.1. The van der Waals surface area contributed by atoms with Gasteiger partial charge in [-0.25, -0.2) is 0 Å². The summed E-state index contributed by atoms with van der Waals surface area (Å²) in [5.74, 6) is -0.768. The predicted molar refractivity (Wildman–Crippen MR) is 114 cm³/mol. The van der Waals surface area contributed by atoms with Crippen molar-refractivity contribution in [2.24, 2.45) is 0 Å². The summed E-state index contributed by atoms with van der Waals surface area (Å²) in [7, 11) is 0. The number of carbonyl (C=O) groups excluding carboxylic acids is 2. The molecule has 0 aromatic heterocycles. The second-order valence-electron chi connectivity index (χ2n) is 7.37. The van der Waals surface area contributed by atoms with Gasteiger partial charge in [0.25, 0.3) is 0 Å². The number of rotatable bonds is 6. The van der Waals surface area contributed by atoms with Gasteiger partial charge in [-0.15, -0.1) is 0 Å². The molecule has 0 saturated heterocycles. The number of anilines is 2. The fourth-order valence-corrected chi connectivity index (χ4v) is 3.12. The van der Waals surface area contributed by atoms with Gasteiger partial charge in [-0.3, -0.25) is 14.5 Å². The van der Waals surface area contributed by atoms with Crippen molar-refractivity contribution < 1.29 is 14.3 Å². The van der Waals surface area contributed by atoms with Crippen LogP contribution in [0.3, 0.4) is 0 Å². The molecule has 2 aromatic carbocycles. The van der Waals surface area contributed by atoms with E-state index < -0.39 is 17.6 Å². The highest BCUT2D eigenvalue weighted by atomic mass is 35.5. The molecule has 1 N–H and O–H groups in total.